The summed E-state index contributed by atoms with van der Waals surface area (Å²) in [5, 5.41) is 10.8. The van der Waals surface area contributed by atoms with Gasteiger partial charge in [0.2, 0.25) is 0 Å². The van der Waals surface area contributed by atoms with Crippen LogP contribution in [0.1, 0.15) is 13.3 Å². The van der Waals surface area contributed by atoms with E-state index in [9.17, 15) is 4.79 Å². The largest absolute Gasteiger partial charge is 1.00 e. The monoisotopic (exact) mass is 156 g/mol. The fourth-order valence-electron chi connectivity index (χ4n) is 0.372. The van der Waals surface area contributed by atoms with Crippen molar-refractivity contribution in [3.8, 4) is 0 Å². The second-order valence-electron chi connectivity index (χ2n) is 1.57. The van der Waals surface area contributed by atoms with Crippen LogP contribution in [-0.4, -0.2) is 24.2 Å². The first-order chi connectivity index (χ1) is 3.77. The Balaban J connectivity index is 0. The molecule has 3 nitrogen and oxygen atoms in total. The van der Waals surface area contributed by atoms with E-state index >= 15 is 0 Å². The minimum atomic E-state index is -0.793. The Morgan fingerprint density at radius 1 is 1.67 bits per heavy atom. The van der Waals surface area contributed by atoms with E-state index in [2.05, 4.69) is 5.32 Å². The first kappa shape index (κ1) is 12.7. The zero-order valence-corrected chi connectivity index (χ0v) is 9.10. The van der Waals surface area contributed by atoms with Crippen molar-refractivity contribution in [2.24, 2.45) is 0 Å². The van der Waals surface area contributed by atoms with E-state index in [1.54, 1.807) is 0 Å². The molecule has 2 N–H and O–H groups in total. The Morgan fingerprint density at radius 2 is 2.22 bits per heavy atom. The predicted molar refractivity (Wildman–Crippen MR) is 30.8 cm³/mol. The van der Waals surface area contributed by atoms with Crippen molar-refractivity contribution in [2.75, 3.05) is 13.1 Å². The summed E-state index contributed by atoms with van der Waals surface area (Å²) in [6.45, 7) is 2.86. The van der Waals surface area contributed by atoms with Crippen molar-refractivity contribution in [3.05, 3.63) is 0 Å². The summed E-state index contributed by atoms with van der Waals surface area (Å²) in [6, 6.07) is 0. The van der Waals surface area contributed by atoms with Gasteiger partial charge in [0.05, 0.1) is 6.54 Å². The minimum Gasteiger partial charge on any atom is -0.480 e. The van der Waals surface area contributed by atoms with Crippen LogP contribution < -0.4 is 56.7 Å². The molecule has 0 aromatic rings. The van der Waals surface area contributed by atoms with Gasteiger partial charge in [-0.3, -0.25) is 4.79 Å². The average Bonchev–Trinajstić information content (AvgIpc) is 1.66. The molecule has 0 saturated heterocycles. The number of carbonyl (C=O) groups is 1. The number of aliphatic carboxylic acids is 1. The molecule has 0 unspecified atom stereocenters. The van der Waals surface area contributed by atoms with Crippen LogP contribution in [0.2, 0.25) is 0 Å². The van der Waals surface area contributed by atoms with Gasteiger partial charge in [0, 0.05) is 0 Å². The Bertz CT molecular complexity index is 77.4. The number of hydrogen-bond donors (Lipinski definition) is 2. The second kappa shape index (κ2) is 9.07. The molecule has 48 valence electrons. The molecule has 0 radical (unpaired) electrons. The normalized spacial score (nSPS) is 8.11. The molecule has 0 heterocycles. The maximum absolute atomic E-state index is 9.81. The Kier molecular flexibility index (Phi) is 12.8. The van der Waals surface area contributed by atoms with E-state index < -0.39 is 5.97 Å². The van der Waals surface area contributed by atoms with E-state index in [0.29, 0.717) is 0 Å². The molecule has 0 saturated carbocycles. The van der Waals surface area contributed by atoms with Crippen LogP contribution in [0.15, 0.2) is 0 Å². The topological polar surface area (TPSA) is 49.3 Å². The van der Waals surface area contributed by atoms with Crippen molar-refractivity contribution in [1.29, 1.82) is 0 Å². The molecule has 0 aliphatic rings. The van der Waals surface area contributed by atoms with Crippen molar-refractivity contribution in [3.63, 3.8) is 0 Å². The van der Waals surface area contributed by atoms with E-state index in [0.717, 1.165) is 13.0 Å². The van der Waals surface area contributed by atoms with Gasteiger partial charge < -0.3 is 10.4 Å². The fourth-order valence-corrected chi connectivity index (χ4v) is 0.372. The molecule has 0 rings (SSSR count). The minimum absolute atomic E-state index is 0. The molecular formula is C5H11KNO2+. The molecule has 0 aromatic carbocycles. The first-order valence-corrected chi connectivity index (χ1v) is 2.70. The van der Waals surface area contributed by atoms with Crippen LogP contribution in [0.5, 0.6) is 0 Å². The van der Waals surface area contributed by atoms with E-state index in [4.69, 9.17) is 5.11 Å². The molecule has 0 bridgehead atoms. The fraction of sp³-hybridized carbons (Fsp3) is 0.800. The number of carboxylic acid groups (broad SMARTS) is 1. The average molecular weight is 156 g/mol. The number of carboxylic acids is 1. The molecule has 0 aromatic heterocycles. The van der Waals surface area contributed by atoms with Gasteiger partial charge in [-0.1, -0.05) is 6.92 Å². The molecule has 4 heteroatoms. The van der Waals surface area contributed by atoms with Crippen LogP contribution in [0.3, 0.4) is 0 Å². The van der Waals surface area contributed by atoms with E-state index in [1.165, 1.54) is 0 Å². The Morgan fingerprint density at radius 3 is 2.56 bits per heavy atom. The third-order valence-corrected chi connectivity index (χ3v) is 0.703. The van der Waals surface area contributed by atoms with Crippen LogP contribution in [0.25, 0.3) is 0 Å². The van der Waals surface area contributed by atoms with Crippen molar-refractivity contribution < 1.29 is 61.3 Å². The molecule has 0 spiro atoms. The molecule has 0 fully saturated rings. The van der Waals surface area contributed by atoms with Crippen LogP contribution in [-0.2, 0) is 4.79 Å². The van der Waals surface area contributed by atoms with Crippen molar-refractivity contribution >= 4 is 5.97 Å². The van der Waals surface area contributed by atoms with Crippen LogP contribution in [0.4, 0.5) is 0 Å². The summed E-state index contributed by atoms with van der Waals surface area (Å²) >= 11 is 0. The summed E-state index contributed by atoms with van der Waals surface area (Å²) in [6.07, 6.45) is 0.979. The summed E-state index contributed by atoms with van der Waals surface area (Å²) in [4.78, 5) is 9.81. The van der Waals surface area contributed by atoms with E-state index in [1.807, 2.05) is 6.92 Å². The van der Waals surface area contributed by atoms with Gasteiger partial charge in [-0.2, -0.15) is 0 Å². The van der Waals surface area contributed by atoms with Crippen molar-refractivity contribution in [2.45, 2.75) is 13.3 Å². The smallest absolute Gasteiger partial charge is 0.480 e. The number of hydrogen-bond acceptors (Lipinski definition) is 2. The molecule has 0 aliphatic carbocycles. The predicted octanol–water partition coefficient (Wildman–Crippen LogP) is -2.93. The Hall–Kier alpha value is 1.07. The SMILES string of the molecule is CCCNCC(=O)O.[K+]. The van der Waals surface area contributed by atoms with Gasteiger partial charge in [-0.05, 0) is 13.0 Å². The van der Waals surface area contributed by atoms with Gasteiger partial charge in [0.25, 0.3) is 0 Å². The standard InChI is InChI=1S/C5H11NO2.K/c1-2-3-6-4-5(7)8;/h6H,2-4H2,1H3,(H,7,8);/q;+1. The van der Waals surface area contributed by atoms with Gasteiger partial charge >= 0.3 is 57.4 Å². The van der Waals surface area contributed by atoms with Gasteiger partial charge in [-0.25, -0.2) is 0 Å². The molecular weight excluding hydrogens is 145 g/mol. The molecule has 0 atom stereocenters. The summed E-state index contributed by atoms with van der Waals surface area (Å²) in [5.41, 5.74) is 0. The Labute approximate surface area is 97.6 Å². The van der Waals surface area contributed by atoms with Crippen molar-refractivity contribution in [1.82, 2.24) is 5.32 Å². The zero-order valence-electron chi connectivity index (χ0n) is 5.98. The number of rotatable bonds is 4. The van der Waals surface area contributed by atoms with Crippen LogP contribution in [0, 0.1) is 0 Å². The zero-order chi connectivity index (χ0) is 6.41. The molecule has 0 aliphatic heterocycles. The molecule has 9 heavy (non-hydrogen) atoms. The van der Waals surface area contributed by atoms with Gasteiger partial charge in [0.1, 0.15) is 0 Å². The van der Waals surface area contributed by atoms with E-state index in [-0.39, 0.29) is 57.9 Å². The third-order valence-electron chi connectivity index (χ3n) is 0.703. The first-order valence-electron chi connectivity index (χ1n) is 2.70. The summed E-state index contributed by atoms with van der Waals surface area (Å²) in [7, 11) is 0. The molecule has 0 amide bonds. The second-order valence-corrected chi connectivity index (χ2v) is 1.57. The van der Waals surface area contributed by atoms with Gasteiger partial charge in [0.15, 0.2) is 0 Å². The third kappa shape index (κ3) is 12.3. The van der Waals surface area contributed by atoms with Gasteiger partial charge in [-0.15, -0.1) is 0 Å². The quantitative estimate of drug-likeness (QED) is 0.338. The summed E-state index contributed by atoms with van der Waals surface area (Å²) in [5.74, 6) is -0.793. The number of nitrogens with one attached hydrogen (secondary N) is 1. The summed E-state index contributed by atoms with van der Waals surface area (Å²) < 4.78 is 0. The van der Waals surface area contributed by atoms with Crippen LogP contribution >= 0.6 is 0 Å². The maximum Gasteiger partial charge on any atom is 1.00 e. The maximum atomic E-state index is 9.81.